The Kier molecular flexibility index (Phi) is 7.19. The van der Waals surface area contributed by atoms with Crippen LogP contribution in [0.3, 0.4) is 0 Å². The van der Waals surface area contributed by atoms with Crippen LogP contribution in [0, 0.1) is 6.92 Å². The Morgan fingerprint density at radius 1 is 1.35 bits per heavy atom. The zero-order valence-corrected chi connectivity index (χ0v) is 15.4. The van der Waals surface area contributed by atoms with E-state index in [0.29, 0.717) is 25.2 Å². The van der Waals surface area contributed by atoms with Gasteiger partial charge in [0.1, 0.15) is 5.69 Å². The van der Waals surface area contributed by atoms with E-state index in [0.717, 1.165) is 5.01 Å². The summed E-state index contributed by atoms with van der Waals surface area (Å²) in [7, 11) is 0. The van der Waals surface area contributed by atoms with E-state index in [1.165, 1.54) is 22.5 Å². The van der Waals surface area contributed by atoms with Gasteiger partial charge in [0.15, 0.2) is 0 Å². The molecule has 1 aromatic heterocycles. The average molecular weight is 354 g/mol. The van der Waals surface area contributed by atoms with Crippen LogP contribution in [0.25, 0.3) is 0 Å². The van der Waals surface area contributed by atoms with E-state index in [4.69, 9.17) is 5.73 Å². The highest BCUT2D eigenvalue weighted by molar-refractivity contribution is 7.09. The van der Waals surface area contributed by atoms with Gasteiger partial charge in [-0.15, -0.1) is 23.7 Å². The molecule has 2 rings (SSSR count). The number of aryl methyl sites for hydroxylation is 1. The lowest BCUT2D eigenvalue weighted by Gasteiger charge is -2.27. The first kappa shape index (κ1) is 19.6. The predicted octanol–water partition coefficient (Wildman–Crippen LogP) is 3.08. The maximum Gasteiger partial charge on any atom is 0.270 e. The van der Waals surface area contributed by atoms with Gasteiger partial charge >= 0.3 is 0 Å². The molecule has 0 aliphatic rings. The van der Waals surface area contributed by atoms with Crippen molar-refractivity contribution in [2.45, 2.75) is 32.6 Å². The van der Waals surface area contributed by atoms with Gasteiger partial charge in [-0.05, 0) is 24.6 Å². The van der Waals surface area contributed by atoms with Crippen molar-refractivity contribution in [3.05, 3.63) is 51.5 Å². The first-order valence-electron chi connectivity index (χ1n) is 7.43. The van der Waals surface area contributed by atoms with E-state index in [9.17, 15) is 4.79 Å². The molecule has 2 aromatic rings. The Morgan fingerprint density at radius 3 is 2.70 bits per heavy atom. The lowest BCUT2D eigenvalue weighted by atomic mass is 9.82. The van der Waals surface area contributed by atoms with Crippen LogP contribution >= 0.6 is 23.7 Å². The van der Waals surface area contributed by atoms with Gasteiger partial charge in [-0.25, -0.2) is 4.98 Å². The summed E-state index contributed by atoms with van der Waals surface area (Å²) in [6.07, 6.45) is 0.715. The molecule has 6 heteroatoms. The zero-order chi connectivity index (χ0) is 16.2. The van der Waals surface area contributed by atoms with Crippen LogP contribution in [-0.4, -0.2) is 24.0 Å². The number of aromatic nitrogens is 1. The maximum atomic E-state index is 12.2. The molecule has 23 heavy (non-hydrogen) atoms. The third-order valence-corrected chi connectivity index (χ3v) is 4.62. The fraction of sp³-hybridized carbons (Fsp3) is 0.412. The van der Waals surface area contributed by atoms with E-state index in [-0.39, 0.29) is 23.7 Å². The van der Waals surface area contributed by atoms with Gasteiger partial charge in [-0.2, -0.15) is 0 Å². The van der Waals surface area contributed by atoms with Crippen LogP contribution in [0.1, 0.15) is 40.5 Å². The molecule has 0 aliphatic carbocycles. The second-order valence-electron chi connectivity index (χ2n) is 6.05. The Morgan fingerprint density at radius 2 is 2.04 bits per heavy atom. The second kappa shape index (κ2) is 8.43. The third-order valence-electron chi connectivity index (χ3n) is 3.71. The first-order chi connectivity index (χ1) is 10.4. The summed E-state index contributed by atoms with van der Waals surface area (Å²) in [5.41, 5.74) is 8.34. The van der Waals surface area contributed by atoms with Crippen molar-refractivity contribution in [1.82, 2.24) is 10.3 Å². The van der Waals surface area contributed by atoms with Gasteiger partial charge in [-0.1, -0.05) is 38.1 Å². The van der Waals surface area contributed by atoms with Gasteiger partial charge < -0.3 is 11.1 Å². The average Bonchev–Trinajstić information content (AvgIpc) is 2.94. The van der Waals surface area contributed by atoms with Crippen molar-refractivity contribution >= 4 is 29.7 Å². The fourth-order valence-corrected chi connectivity index (χ4v) is 3.27. The van der Waals surface area contributed by atoms with Crippen LogP contribution in [0.5, 0.6) is 0 Å². The number of nitrogens with one attached hydrogen (secondary N) is 1. The monoisotopic (exact) mass is 353 g/mol. The number of nitrogens with zero attached hydrogens (tertiary/aromatic N) is 1. The summed E-state index contributed by atoms with van der Waals surface area (Å²) in [5.74, 6) is -0.124. The SMILES string of the molecule is Cc1ccccc1C(C)(C)CNC(=O)c1csc(CCN)n1.Cl. The fourth-order valence-electron chi connectivity index (χ4n) is 2.47. The Hall–Kier alpha value is -1.43. The van der Waals surface area contributed by atoms with Crippen molar-refractivity contribution in [2.24, 2.45) is 5.73 Å². The molecule has 1 heterocycles. The van der Waals surface area contributed by atoms with E-state index >= 15 is 0 Å². The number of benzene rings is 1. The van der Waals surface area contributed by atoms with E-state index in [1.807, 2.05) is 12.1 Å². The number of halogens is 1. The molecule has 0 fully saturated rings. The second-order valence-corrected chi connectivity index (χ2v) is 6.99. The van der Waals surface area contributed by atoms with E-state index in [2.05, 4.69) is 43.2 Å². The molecule has 3 N–H and O–H groups in total. The Balaban J connectivity index is 0.00000264. The van der Waals surface area contributed by atoms with Crippen LogP contribution in [0.2, 0.25) is 0 Å². The number of hydrogen-bond acceptors (Lipinski definition) is 4. The van der Waals surface area contributed by atoms with Gasteiger partial charge in [-0.3, -0.25) is 4.79 Å². The first-order valence-corrected chi connectivity index (χ1v) is 8.31. The molecule has 4 nitrogen and oxygen atoms in total. The van der Waals surface area contributed by atoms with E-state index in [1.54, 1.807) is 5.38 Å². The number of hydrogen-bond donors (Lipinski definition) is 2. The Bertz CT molecular complexity index is 655. The number of carbonyl (C=O) groups is 1. The number of rotatable bonds is 6. The van der Waals surface area contributed by atoms with Crippen LogP contribution in [-0.2, 0) is 11.8 Å². The molecule has 0 saturated carbocycles. The normalized spacial score (nSPS) is 11.0. The lowest BCUT2D eigenvalue weighted by Crippen LogP contribution is -2.37. The van der Waals surface area contributed by atoms with Crippen molar-refractivity contribution in [3.8, 4) is 0 Å². The molecule has 0 radical (unpaired) electrons. The molecule has 0 unspecified atom stereocenters. The molecule has 0 atom stereocenters. The number of carbonyl (C=O) groups excluding carboxylic acids is 1. The summed E-state index contributed by atoms with van der Waals surface area (Å²) >= 11 is 1.48. The molecule has 1 aromatic carbocycles. The van der Waals surface area contributed by atoms with E-state index < -0.39 is 0 Å². The minimum atomic E-state index is -0.128. The quantitative estimate of drug-likeness (QED) is 0.838. The zero-order valence-electron chi connectivity index (χ0n) is 13.8. The van der Waals surface area contributed by atoms with Crippen LogP contribution in [0.4, 0.5) is 0 Å². The molecule has 126 valence electrons. The summed E-state index contributed by atoms with van der Waals surface area (Å²) < 4.78 is 0. The smallest absolute Gasteiger partial charge is 0.270 e. The summed E-state index contributed by atoms with van der Waals surface area (Å²) in [6, 6.07) is 8.27. The van der Waals surface area contributed by atoms with Crippen molar-refractivity contribution in [3.63, 3.8) is 0 Å². The standard InChI is InChI=1S/C17H23N3OS.ClH/c1-12-6-4-5-7-13(12)17(2,3)11-19-16(21)14-10-22-15(20-14)8-9-18;/h4-7,10H,8-9,11,18H2,1-3H3,(H,19,21);1H. The molecule has 0 saturated heterocycles. The molecule has 0 spiro atoms. The van der Waals surface area contributed by atoms with Crippen molar-refractivity contribution in [2.75, 3.05) is 13.1 Å². The minimum absolute atomic E-state index is 0. The highest BCUT2D eigenvalue weighted by atomic mass is 35.5. The number of nitrogens with two attached hydrogens (primary N) is 1. The molecule has 0 aliphatic heterocycles. The van der Waals surface area contributed by atoms with Crippen molar-refractivity contribution in [1.29, 1.82) is 0 Å². The topological polar surface area (TPSA) is 68.0 Å². The minimum Gasteiger partial charge on any atom is -0.350 e. The largest absolute Gasteiger partial charge is 0.350 e. The van der Waals surface area contributed by atoms with Crippen LogP contribution in [0.15, 0.2) is 29.6 Å². The van der Waals surface area contributed by atoms with Gasteiger partial charge in [0, 0.05) is 23.8 Å². The number of thiazole rings is 1. The summed E-state index contributed by atoms with van der Waals surface area (Å²) in [5, 5.41) is 5.70. The van der Waals surface area contributed by atoms with Crippen LogP contribution < -0.4 is 11.1 Å². The third kappa shape index (κ3) is 5.03. The molecule has 0 bridgehead atoms. The predicted molar refractivity (Wildman–Crippen MR) is 98.7 cm³/mol. The lowest BCUT2D eigenvalue weighted by molar-refractivity contribution is 0.0941. The number of amides is 1. The highest BCUT2D eigenvalue weighted by Crippen LogP contribution is 2.25. The van der Waals surface area contributed by atoms with Gasteiger partial charge in [0.25, 0.3) is 5.91 Å². The summed E-state index contributed by atoms with van der Waals surface area (Å²) in [6.45, 7) is 7.49. The maximum absolute atomic E-state index is 12.2. The molecular formula is C17H24ClN3OS. The molecule has 1 amide bonds. The summed E-state index contributed by atoms with van der Waals surface area (Å²) in [4.78, 5) is 16.5. The highest BCUT2D eigenvalue weighted by Gasteiger charge is 2.23. The van der Waals surface area contributed by atoms with Crippen molar-refractivity contribution < 1.29 is 4.79 Å². The molecular weight excluding hydrogens is 330 g/mol. The van der Waals surface area contributed by atoms with Gasteiger partial charge in [0.2, 0.25) is 0 Å². The Labute approximate surface area is 147 Å². The van der Waals surface area contributed by atoms with Gasteiger partial charge in [0.05, 0.1) is 5.01 Å².